The van der Waals surface area contributed by atoms with Gasteiger partial charge in [0, 0.05) is 11.9 Å². The molecule has 0 spiro atoms. The van der Waals surface area contributed by atoms with Crippen LogP contribution in [0.15, 0.2) is 51.7 Å². The fourth-order valence-electron chi connectivity index (χ4n) is 2.73. The van der Waals surface area contributed by atoms with Crippen LogP contribution >= 0.6 is 0 Å². The third-order valence-electron chi connectivity index (χ3n) is 4.02. The van der Waals surface area contributed by atoms with Crippen LogP contribution in [0.2, 0.25) is 0 Å². The molecule has 1 aromatic heterocycles. The molecule has 0 radical (unpaired) electrons. The van der Waals surface area contributed by atoms with Gasteiger partial charge in [-0.05, 0) is 42.8 Å². The van der Waals surface area contributed by atoms with Crippen molar-refractivity contribution < 1.29 is 18.7 Å². The summed E-state index contributed by atoms with van der Waals surface area (Å²) >= 11 is 0. The van der Waals surface area contributed by atoms with Crippen molar-refractivity contribution in [3.63, 3.8) is 0 Å². The van der Waals surface area contributed by atoms with Crippen LogP contribution in [0.5, 0.6) is 11.5 Å². The average Bonchev–Trinajstić information content (AvgIpc) is 3.07. The lowest BCUT2D eigenvalue weighted by Gasteiger charge is -2.06. The van der Waals surface area contributed by atoms with Crippen molar-refractivity contribution in [2.24, 2.45) is 0 Å². The molecule has 0 saturated carbocycles. The minimum atomic E-state index is -0.653. The van der Waals surface area contributed by atoms with Gasteiger partial charge in [-0.2, -0.15) is 0 Å². The number of carbonyl (C=O) groups excluding carboxylic acids is 1. The van der Waals surface area contributed by atoms with E-state index in [4.69, 9.17) is 13.9 Å². The summed E-state index contributed by atoms with van der Waals surface area (Å²) in [6.07, 6.45) is 0. The minimum Gasteiger partial charge on any atom is -0.454 e. The molecule has 0 atom stereocenters. The molecule has 0 bridgehead atoms. The SMILES string of the molecule is Cc1ccc2oc(=O)c(C(=O)NCc3ccc4c(c3)OCO4)cc2c1. The number of amides is 1. The van der Waals surface area contributed by atoms with E-state index in [1.54, 1.807) is 24.3 Å². The van der Waals surface area contributed by atoms with Gasteiger partial charge in [-0.25, -0.2) is 4.79 Å². The van der Waals surface area contributed by atoms with E-state index in [0.717, 1.165) is 11.1 Å². The number of hydrogen-bond donors (Lipinski definition) is 1. The quantitative estimate of drug-likeness (QED) is 0.744. The molecule has 0 unspecified atom stereocenters. The van der Waals surface area contributed by atoms with Crippen molar-refractivity contribution in [1.82, 2.24) is 5.32 Å². The summed E-state index contributed by atoms with van der Waals surface area (Å²) in [5.41, 5.74) is 1.66. The third kappa shape index (κ3) is 2.94. The molecule has 0 aliphatic carbocycles. The van der Waals surface area contributed by atoms with Gasteiger partial charge >= 0.3 is 5.63 Å². The zero-order valence-corrected chi connectivity index (χ0v) is 13.5. The van der Waals surface area contributed by atoms with Crippen LogP contribution in [0.1, 0.15) is 21.5 Å². The number of aryl methyl sites for hydroxylation is 1. The Morgan fingerprint density at radius 2 is 1.92 bits per heavy atom. The van der Waals surface area contributed by atoms with Crippen molar-refractivity contribution in [3.8, 4) is 11.5 Å². The topological polar surface area (TPSA) is 77.8 Å². The molecule has 25 heavy (non-hydrogen) atoms. The van der Waals surface area contributed by atoms with E-state index in [0.29, 0.717) is 22.5 Å². The van der Waals surface area contributed by atoms with Crippen LogP contribution < -0.4 is 20.4 Å². The normalized spacial score (nSPS) is 12.4. The molecule has 1 aliphatic rings. The fraction of sp³-hybridized carbons (Fsp3) is 0.158. The molecule has 1 aliphatic heterocycles. The second-order valence-electron chi connectivity index (χ2n) is 5.86. The van der Waals surface area contributed by atoms with E-state index >= 15 is 0 Å². The first kappa shape index (κ1) is 15.3. The summed E-state index contributed by atoms with van der Waals surface area (Å²) < 4.78 is 15.8. The molecule has 1 amide bonds. The highest BCUT2D eigenvalue weighted by atomic mass is 16.7. The Kier molecular flexibility index (Phi) is 3.65. The lowest BCUT2D eigenvalue weighted by Crippen LogP contribution is -2.27. The van der Waals surface area contributed by atoms with E-state index in [2.05, 4.69) is 5.32 Å². The van der Waals surface area contributed by atoms with E-state index in [1.807, 2.05) is 25.1 Å². The highest BCUT2D eigenvalue weighted by Crippen LogP contribution is 2.32. The predicted octanol–water partition coefficient (Wildman–Crippen LogP) is 2.76. The lowest BCUT2D eigenvalue weighted by molar-refractivity contribution is 0.0947. The summed E-state index contributed by atoms with van der Waals surface area (Å²) in [7, 11) is 0. The summed E-state index contributed by atoms with van der Waals surface area (Å²) in [5.74, 6) is 0.850. The number of fused-ring (bicyclic) bond motifs is 2. The maximum absolute atomic E-state index is 12.4. The largest absolute Gasteiger partial charge is 0.454 e. The average molecular weight is 337 g/mol. The Morgan fingerprint density at radius 1 is 1.08 bits per heavy atom. The molecule has 6 heteroatoms. The second-order valence-corrected chi connectivity index (χ2v) is 5.86. The Hall–Kier alpha value is -3.28. The molecule has 6 nitrogen and oxygen atoms in total. The van der Waals surface area contributed by atoms with Crippen molar-refractivity contribution in [3.05, 3.63) is 69.6 Å². The summed E-state index contributed by atoms with van der Waals surface area (Å²) in [5, 5.41) is 3.45. The van der Waals surface area contributed by atoms with Gasteiger partial charge in [-0.15, -0.1) is 0 Å². The summed E-state index contributed by atoms with van der Waals surface area (Å²) in [6.45, 7) is 2.40. The molecule has 2 heterocycles. The van der Waals surface area contributed by atoms with Crippen LogP contribution in [0.4, 0.5) is 0 Å². The zero-order valence-electron chi connectivity index (χ0n) is 13.5. The first-order valence-corrected chi connectivity index (χ1v) is 7.81. The summed E-state index contributed by atoms with van der Waals surface area (Å²) in [4.78, 5) is 24.4. The molecule has 4 rings (SSSR count). The second kappa shape index (κ2) is 5.98. The van der Waals surface area contributed by atoms with Crippen molar-refractivity contribution in [1.29, 1.82) is 0 Å². The molecule has 126 valence electrons. The first-order chi connectivity index (χ1) is 12.1. The first-order valence-electron chi connectivity index (χ1n) is 7.81. The predicted molar refractivity (Wildman–Crippen MR) is 91.0 cm³/mol. The number of rotatable bonds is 3. The number of hydrogen-bond acceptors (Lipinski definition) is 5. The Bertz CT molecular complexity index is 1040. The number of carbonyl (C=O) groups is 1. The van der Waals surface area contributed by atoms with Gasteiger partial charge in [0.15, 0.2) is 11.5 Å². The molecule has 0 fully saturated rings. The molecule has 2 aromatic carbocycles. The smallest absolute Gasteiger partial charge is 0.349 e. The fourth-order valence-corrected chi connectivity index (χ4v) is 2.73. The highest BCUT2D eigenvalue weighted by Gasteiger charge is 2.16. The van der Waals surface area contributed by atoms with Crippen LogP contribution in [0.3, 0.4) is 0 Å². The molecule has 3 aromatic rings. The van der Waals surface area contributed by atoms with E-state index < -0.39 is 11.5 Å². The third-order valence-corrected chi connectivity index (χ3v) is 4.02. The van der Waals surface area contributed by atoms with E-state index in [-0.39, 0.29) is 18.9 Å². The molecular formula is C19H15NO5. The Balaban J connectivity index is 1.55. The monoisotopic (exact) mass is 337 g/mol. The lowest BCUT2D eigenvalue weighted by atomic mass is 10.1. The van der Waals surface area contributed by atoms with Crippen molar-refractivity contribution in [2.45, 2.75) is 13.5 Å². The van der Waals surface area contributed by atoms with Gasteiger partial charge in [0.1, 0.15) is 11.1 Å². The van der Waals surface area contributed by atoms with Crippen molar-refractivity contribution in [2.75, 3.05) is 6.79 Å². The van der Waals surface area contributed by atoms with Crippen LogP contribution in [-0.2, 0) is 6.54 Å². The molecule has 1 N–H and O–H groups in total. The van der Waals surface area contributed by atoms with Gasteiger partial charge in [0.2, 0.25) is 6.79 Å². The Morgan fingerprint density at radius 3 is 2.80 bits per heavy atom. The van der Waals surface area contributed by atoms with E-state index in [1.165, 1.54) is 0 Å². The standard InChI is InChI=1S/C19H15NO5/c1-11-2-4-15-13(6-11)8-14(19(22)25-15)18(21)20-9-12-3-5-16-17(7-12)24-10-23-16/h2-8H,9-10H2,1H3,(H,20,21). The van der Waals surface area contributed by atoms with Gasteiger partial charge in [0.25, 0.3) is 5.91 Å². The van der Waals surface area contributed by atoms with Crippen LogP contribution in [0.25, 0.3) is 11.0 Å². The maximum atomic E-state index is 12.4. The molecule has 0 saturated heterocycles. The summed E-state index contributed by atoms with van der Waals surface area (Å²) in [6, 6.07) is 12.4. The van der Waals surface area contributed by atoms with Gasteiger partial charge < -0.3 is 19.2 Å². The van der Waals surface area contributed by atoms with Gasteiger partial charge in [-0.3, -0.25) is 4.79 Å². The number of nitrogens with one attached hydrogen (secondary N) is 1. The highest BCUT2D eigenvalue weighted by molar-refractivity contribution is 5.96. The van der Waals surface area contributed by atoms with Gasteiger partial charge in [-0.1, -0.05) is 17.7 Å². The maximum Gasteiger partial charge on any atom is 0.349 e. The Labute approximate surface area is 143 Å². The minimum absolute atomic E-state index is 0.0150. The van der Waals surface area contributed by atoms with Crippen molar-refractivity contribution >= 4 is 16.9 Å². The molecular weight excluding hydrogens is 322 g/mol. The van der Waals surface area contributed by atoms with Crippen LogP contribution in [-0.4, -0.2) is 12.7 Å². The number of ether oxygens (including phenoxy) is 2. The van der Waals surface area contributed by atoms with Gasteiger partial charge in [0.05, 0.1) is 0 Å². The number of benzene rings is 2. The van der Waals surface area contributed by atoms with E-state index in [9.17, 15) is 9.59 Å². The van der Waals surface area contributed by atoms with Crippen LogP contribution in [0, 0.1) is 6.92 Å². The zero-order chi connectivity index (χ0) is 17.4.